The Morgan fingerprint density at radius 1 is 0.826 bits per heavy atom. The molecular weight excluding hydrogens is 288 g/mol. The lowest BCUT2D eigenvalue weighted by molar-refractivity contribution is -0.883. The monoisotopic (exact) mass is 329 g/mol. The first-order valence-corrected chi connectivity index (χ1v) is 9.72. The Labute approximate surface area is 144 Å². The van der Waals surface area contributed by atoms with Crippen molar-refractivity contribution >= 4 is 5.97 Å². The number of carboxylic acids is 1. The van der Waals surface area contributed by atoms with E-state index in [0.29, 0.717) is 4.48 Å². The fraction of sp³-hybridized carbons (Fsp3) is 0.947. The highest BCUT2D eigenvalue weighted by molar-refractivity contribution is 5.67. The van der Waals surface area contributed by atoms with Crippen LogP contribution >= 0.6 is 0 Å². The van der Waals surface area contributed by atoms with Crippen molar-refractivity contribution in [2.24, 2.45) is 0 Å². The highest BCUT2D eigenvalue weighted by Gasteiger charge is 2.18. The standard InChI is InChI=1S/C19H40N2O2/c1-4-5-6-7-8-9-10-11-12-13-15-20-16-14-17-21(2,3)18-19(22)23/h20H,4-18H2,1-3H3/p+1. The van der Waals surface area contributed by atoms with E-state index in [1.54, 1.807) is 0 Å². The number of aliphatic carboxylic acids is 1. The van der Waals surface area contributed by atoms with Crippen LogP contribution in [-0.2, 0) is 4.79 Å². The van der Waals surface area contributed by atoms with E-state index in [4.69, 9.17) is 5.11 Å². The van der Waals surface area contributed by atoms with E-state index in [9.17, 15) is 4.79 Å². The lowest BCUT2D eigenvalue weighted by Gasteiger charge is -2.27. The van der Waals surface area contributed by atoms with Gasteiger partial charge in [-0.1, -0.05) is 64.7 Å². The van der Waals surface area contributed by atoms with E-state index in [1.165, 1.54) is 64.2 Å². The van der Waals surface area contributed by atoms with Crippen molar-refractivity contribution in [3.05, 3.63) is 0 Å². The largest absolute Gasteiger partial charge is 0.477 e. The Morgan fingerprint density at radius 3 is 1.83 bits per heavy atom. The quantitative estimate of drug-likeness (QED) is 0.313. The smallest absolute Gasteiger partial charge is 0.359 e. The number of hydrogen-bond donors (Lipinski definition) is 2. The number of unbranched alkanes of at least 4 members (excludes halogenated alkanes) is 9. The number of nitrogens with one attached hydrogen (secondary N) is 1. The van der Waals surface area contributed by atoms with Gasteiger partial charge in [-0.25, -0.2) is 4.79 Å². The SMILES string of the molecule is CCCCCCCCCCCCNCCC[N+](C)(C)CC(=O)O. The van der Waals surface area contributed by atoms with Gasteiger partial charge in [0.15, 0.2) is 6.54 Å². The third-order valence-electron chi connectivity index (χ3n) is 4.39. The maximum Gasteiger partial charge on any atom is 0.359 e. The summed E-state index contributed by atoms with van der Waals surface area (Å²) in [5.74, 6) is -0.715. The number of rotatable bonds is 17. The highest BCUT2D eigenvalue weighted by atomic mass is 16.4. The molecule has 138 valence electrons. The van der Waals surface area contributed by atoms with Gasteiger partial charge in [0.2, 0.25) is 0 Å². The van der Waals surface area contributed by atoms with Gasteiger partial charge in [0.25, 0.3) is 0 Å². The fourth-order valence-electron chi connectivity index (χ4n) is 2.94. The topological polar surface area (TPSA) is 49.3 Å². The third kappa shape index (κ3) is 17.6. The van der Waals surface area contributed by atoms with Crippen LogP contribution in [0.25, 0.3) is 0 Å². The first-order valence-electron chi connectivity index (χ1n) is 9.72. The molecule has 4 nitrogen and oxygen atoms in total. The normalized spacial score (nSPS) is 11.8. The molecule has 4 heteroatoms. The Balaban J connectivity index is 3.20. The number of quaternary nitrogens is 1. The molecule has 0 atom stereocenters. The molecule has 23 heavy (non-hydrogen) atoms. The summed E-state index contributed by atoms with van der Waals surface area (Å²) in [7, 11) is 3.97. The predicted molar refractivity (Wildman–Crippen MR) is 98.8 cm³/mol. The summed E-state index contributed by atoms with van der Waals surface area (Å²) in [4.78, 5) is 10.7. The van der Waals surface area contributed by atoms with Crippen LogP contribution in [0, 0.1) is 0 Å². The molecular formula is C19H41N2O2+. The average Bonchev–Trinajstić information content (AvgIpc) is 2.46. The summed E-state index contributed by atoms with van der Waals surface area (Å²) in [5.41, 5.74) is 0. The summed E-state index contributed by atoms with van der Waals surface area (Å²) in [6, 6.07) is 0. The molecule has 0 aliphatic carbocycles. The Hall–Kier alpha value is -0.610. The Bertz CT molecular complexity index is 281. The molecule has 0 aliphatic rings. The maximum absolute atomic E-state index is 10.7. The summed E-state index contributed by atoms with van der Waals surface area (Å²) >= 11 is 0. The van der Waals surface area contributed by atoms with Crippen LogP contribution in [-0.4, -0.2) is 55.8 Å². The van der Waals surface area contributed by atoms with Crippen LogP contribution in [0.4, 0.5) is 0 Å². The minimum Gasteiger partial charge on any atom is -0.477 e. The molecule has 2 N–H and O–H groups in total. The molecule has 0 aromatic carbocycles. The molecule has 0 spiro atoms. The van der Waals surface area contributed by atoms with Crippen LogP contribution < -0.4 is 5.32 Å². The van der Waals surface area contributed by atoms with Crippen molar-refractivity contribution < 1.29 is 14.4 Å². The minimum atomic E-state index is -0.715. The first-order chi connectivity index (χ1) is 11.0. The number of likely N-dealkylation sites (N-methyl/N-ethyl adjacent to an activating group) is 1. The van der Waals surface area contributed by atoms with Crippen molar-refractivity contribution in [2.75, 3.05) is 40.3 Å². The number of hydrogen-bond acceptors (Lipinski definition) is 2. The zero-order valence-electron chi connectivity index (χ0n) is 15.9. The van der Waals surface area contributed by atoms with Gasteiger partial charge < -0.3 is 14.9 Å². The molecule has 0 aromatic rings. The van der Waals surface area contributed by atoms with E-state index in [-0.39, 0.29) is 6.54 Å². The van der Waals surface area contributed by atoms with E-state index in [2.05, 4.69) is 12.2 Å². The predicted octanol–water partition coefficient (Wildman–Crippen LogP) is 4.05. The summed E-state index contributed by atoms with van der Waals surface area (Å²) < 4.78 is 0.565. The van der Waals surface area contributed by atoms with Gasteiger partial charge in [-0.3, -0.25) is 0 Å². The molecule has 0 aliphatic heterocycles. The second kappa shape index (κ2) is 14.9. The van der Waals surface area contributed by atoms with Gasteiger partial charge in [-0.05, 0) is 13.0 Å². The number of carbonyl (C=O) groups is 1. The molecule has 0 heterocycles. The number of carboxylic acid groups (broad SMARTS) is 1. The van der Waals surface area contributed by atoms with Crippen LogP contribution in [0.15, 0.2) is 0 Å². The van der Waals surface area contributed by atoms with E-state index >= 15 is 0 Å². The molecule has 0 unspecified atom stereocenters. The highest BCUT2D eigenvalue weighted by Crippen LogP contribution is 2.10. The average molecular weight is 330 g/mol. The lowest BCUT2D eigenvalue weighted by Crippen LogP contribution is -2.45. The van der Waals surface area contributed by atoms with Crippen molar-refractivity contribution in [3.63, 3.8) is 0 Å². The van der Waals surface area contributed by atoms with Crippen molar-refractivity contribution in [1.29, 1.82) is 0 Å². The van der Waals surface area contributed by atoms with Gasteiger partial charge in [-0.2, -0.15) is 0 Å². The van der Waals surface area contributed by atoms with Gasteiger partial charge in [0, 0.05) is 13.0 Å². The van der Waals surface area contributed by atoms with Gasteiger partial charge in [0.1, 0.15) is 0 Å². The Morgan fingerprint density at radius 2 is 1.30 bits per heavy atom. The fourth-order valence-corrected chi connectivity index (χ4v) is 2.94. The minimum absolute atomic E-state index is 0.207. The molecule has 0 saturated heterocycles. The molecule has 0 rings (SSSR count). The van der Waals surface area contributed by atoms with Crippen molar-refractivity contribution in [3.8, 4) is 0 Å². The molecule has 0 aromatic heterocycles. The van der Waals surface area contributed by atoms with E-state index in [1.807, 2.05) is 14.1 Å². The molecule has 0 fully saturated rings. The van der Waals surface area contributed by atoms with Crippen LogP contribution in [0.1, 0.15) is 77.6 Å². The van der Waals surface area contributed by atoms with Crippen molar-refractivity contribution in [1.82, 2.24) is 5.32 Å². The van der Waals surface area contributed by atoms with Crippen LogP contribution in [0.5, 0.6) is 0 Å². The molecule has 0 saturated carbocycles. The third-order valence-corrected chi connectivity index (χ3v) is 4.39. The summed E-state index contributed by atoms with van der Waals surface area (Å²) in [6.07, 6.45) is 14.8. The molecule has 0 bridgehead atoms. The summed E-state index contributed by atoms with van der Waals surface area (Å²) in [6.45, 7) is 5.49. The Kier molecular flexibility index (Phi) is 14.6. The lowest BCUT2D eigenvalue weighted by atomic mass is 10.1. The van der Waals surface area contributed by atoms with Gasteiger partial charge in [-0.15, -0.1) is 0 Å². The maximum atomic E-state index is 10.7. The van der Waals surface area contributed by atoms with Crippen LogP contribution in [0.3, 0.4) is 0 Å². The second-order valence-corrected chi connectivity index (χ2v) is 7.50. The summed E-state index contributed by atoms with van der Waals surface area (Å²) in [5, 5.41) is 12.3. The zero-order chi connectivity index (χ0) is 17.4. The molecule has 0 amide bonds. The van der Waals surface area contributed by atoms with Gasteiger partial charge >= 0.3 is 5.97 Å². The van der Waals surface area contributed by atoms with Crippen molar-refractivity contribution in [2.45, 2.75) is 77.6 Å². The first kappa shape index (κ1) is 22.4. The zero-order valence-corrected chi connectivity index (χ0v) is 15.9. The second-order valence-electron chi connectivity index (χ2n) is 7.50. The van der Waals surface area contributed by atoms with Gasteiger partial charge in [0.05, 0.1) is 20.6 Å². The van der Waals surface area contributed by atoms with E-state index in [0.717, 1.165) is 26.1 Å². The number of nitrogens with zero attached hydrogens (tertiary/aromatic N) is 1. The van der Waals surface area contributed by atoms with Crippen LogP contribution in [0.2, 0.25) is 0 Å². The van der Waals surface area contributed by atoms with E-state index < -0.39 is 5.97 Å². The molecule has 0 radical (unpaired) electrons.